The summed E-state index contributed by atoms with van der Waals surface area (Å²) in [4.78, 5) is 28.7. The molecule has 9 nitrogen and oxygen atoms in total. The number of likely N-dealkylation sites (N-methyl/N-ethyl adjacent to an activating group) is 1. The van der Waals surface area contributed by atoms with E-state index in [2.05, 4.69) is 10.1 Å². The summed E-state index contributed by atoms with van der Waals surface area (Å²) < 4.78 is 6.91. The molecule has 0 atom stereocenters. The van der Waals surface area contributed by atoms with E-state index < -0.39 is 4.92 Å². The summed E-state index contributed by atoms with van der Waals surface area (Å²) in [5.74, 6) is 0.389. The molecule has 0 aliphatic rings. The fourth-order valence-corrected chi connectivity index (χ4v) is 2.59. The van der Waals surface area contributed by atoms with E-state index >= 15 is 0 Å². The molecule has 0 aliphatic heterocycles. The maximum atomic E-state index is 12.6. The van der Waals surface area contributed by atoms with Crippen LogP contribution in [0, 0.1) is 17.0 Å². The first-order valence-electron chi connectivity index (χ1n) is 8.54. The molecule has 0 bridgehead atoms. The summed E-state index contributed by atoms with van der Waals surface area (Å²) in [7, 11) is 1.62. The molecule has 0 saturated carbocycles. The molecule has 0 N–H and O–H groups in total. The van der Waals surface area contributed by atoms with E-state index in [1.54, 1.807) is 7.05 Å². The molecule has 0 saturated heterocycles. The number of carbonyl (C=O) groups is 1. The van der Waals surface area contributed by atoms with Crippen molar-refractivity contribution in [3.8, 4) is 11.4 Å². The second kappa shape index (κ2) is 8.30. The van der Waals surface area contributed by atoms with Gasteiger partial charge >= 0.3 is 0 Å². The van der Waals surface area contributed by atoms with Crippen LogP contribution in [0.4, 0.5) is 5.69 Å². The maximum Gasteiger partial charge on any atom is 0.295 e. The molecule has 1 amide bonds. The molecule has 1 aromatic heterocycles. The highest BCUT2D eigenvalue weighted by molar-refractivity contribution is 5.95. The fraction of sp³-hybridized carbons (Fsp3) is 0.211. The predicted octanol–water partition coefficient (Wildman–Crippen LogP) is 2.63. The summed E-state index contributed by atoms with van der Waals surface area (Å²) in [5, 5.41) is 15.3. The third-order valence-electron chi connectivity index (χ3n) is 4.15. The third kappa shape index (κ3) is 4.32. The van der Waals surface area contributed by atoms with Gasteiger partial charge in [0.1, 0.15) is 30.7 Å². The number of hydrogen-bond donors (Lipinski definition) is 0. The van der Waals surface area contributed by atoms with Crippen LogP contribution in [0.1, 0.15) is 15.9 Å². The lowest BCUT2D eigenvalue weighted by molar-refractivity contribution is -0.384. The molecule has 28 heavy (non-hydrogen) atoms. The number of hydrogen-bond acceptors (Lipinski definition) is 6. The highest BCUT2D eigenvalue weighted by Gasteiger charge is 2.21. The van der Waals surface area contributed by atoms with Crippen LogP contribution in [0.5, 0.6) is 5.75 Å². The van der Waals surface area contributed by atoms with Crippen molar-refractivity contribution in [3.63, 3.8) is 0 Å². The quantitative estimate of drug-likeness (QED) is 0.460. The molecule has 2 aromatic carbocycles. The Morgan fingerprint density at radius 1 is 1.25 bits per heavy atom. The average molecular weight is 381 g/mol. The summed E-state index contributed by atoms with van der Waals surface area (Å²) in [5.41, 5.74) is 1.37. The van der Waals surface area contributed by atoms with Crippen LogP contribution in [-0.2, 0) is 0 Å². The number of nitro groups is 1. The summed E-state index contributed by atoms with van der Waals surface area (Å²) in [6, 6.07) is 11.9. The largest absolute Gasteiger partial charge is 0.492 e. The molecule has 9 heteroatoms. The van der Waals surface area contributed by atoms with Crippen LogP contribution in [0.3, 0.4) is 0 Å². The number of aryl methyl sites for hydroxylation is 1. The van der Waals surface area contributed by atoms with Crippen LogP contribution in [-0.4, -0.2) is 50.7 Å². The van der Waals surface area contributed by atoms with Crippen LogP contribution >= 0.6 is 0 Å². The summed E-state index contributed by atoms with van der Waals surface area (Å²) in [6.07, 6.45) is 2.64. The lowest BCUT2D eigenvalue weighted by Crippen LogP contribution is -2.31. The third-order valence-corrected chi connectivity index (χ3v) is 4.15. The Labute approximate surface area is 161 Å². The van der Waals surface area contributed by atoms with Gasteiger partial charge in [-0.25, -0.2) is 9.67 Å². The molecule has 0 fully saturated rings. The van der Waals surface area contributed by atoms with E-state index in [-0.39, 0.29) is 22.8 Å². The normalized spacial score (nSPS) is 10.5. The topological polar surface area (TPSA) is 103 Å². The number of rotatable bonds is 7. The van der Waals surface area contributed by atoms with Gasteiger partial charge in [0.2, 0.25) is 0 Å². The van der Waals surface area contributed by atoms with Gasteiger partial charge in [0.05, 0.1) is 11.5 Å². The van der Waals surface area contributed by atoms with Crippen LogP contribution < -0.4 is 4.74 Å². The minimum absolute atomic E-state index is 0.216. The van der Waals surface area contributed by atoms with Crippen molar-refractivity contribution in [2.75, 3.05) is 20.2 Å². The number of aromatic nitrogens is 3. The monoisotopic (exact) mass is 381 g/mol. The lowest BCUT2D eigenvalue weighted by atomic mass is 10.1. The Morgan fingerprint density at radius 3 is 2.64 bits per heavy atom. The van der Waals surface area contributed by atoms with Gasteiger partial charge in [-0.1, -0.05) is 17.7 Å². The molecule has 144 valence electrons. The highest BCUT2D eigenvalue weighted by Crippen LogP contribution is 2.24. The zero-order valence-electron chi connectivity index (χ0n) is 15.5. The van der Waals surface area contributed by atoms with Crippen LogP contribution in [0.25, 0.3) is 5.69 Å². The highest BCUT2D eigenvalue weighted by atomic mass is 16.6. The van der Waals surface area contributed by atoms with Gasteiger partial charge in [0.15, 0.2) is 0 Å². The minimum atomic E-state index is -0.547. The van der Waals surface area contributed by atoms with Gasteiger partial charge in [0, 0.05) is 18.7 Å². The number of ether oxygens (including phenoxy) is 1. The van der Waals surface area contributed by atoms with Gasteiger partial charge in [0.25, 0.3) is 11.6 Å². The molecule has 0 spiro atoms. The molecule has 0 unspecified atom stereocenters. The number of benzene rings is 2. The smallest absolute Gasteiger partial charge is 0.295 e. The van der Waals surface area contributed by atoms with Crippen molar-refractivity contribution in [2.45, 2.75) is 6.92 Å². The van der Waals surface area contributed by atoms with E-state index in [0.717, 1.165) is 11.3 Å². The SMILES string of the molecule is Cc1ccc(OCCN(C)C(=O)c2ccc(-n3cncn3)c([N+](=O)[O-])c2)cc1. The zero-order chi connectivity index (χ0) is 20.1. The van der Waals surface area contributed by atoms with Crippen molar-refractivity contribution in [2.24, 2.45) is 0 Å². The van der Waals surface area contributed by atoms with Gasteiger partial charge < -0.3 is 9.64 Å². The van der Waals surface area contributed by atoms with Crippen LogP contribution in [0.15, 0.2) is 55.1 Å². The van der Waals surface area contributed by atoms with Gasteiger partial charge in [-0.05, 0) is 31.2 Å². The van der Waals surface area contributed by atoms with Crippen molar-refractivity contribution < 1.29 is 14.5 Å². The number of nitrogens with zero attached hydrogens (tertiary/aromatic N) is 5. The minimum Gasteiger partial charge on any atom is -0.492 e. The molecular weight excluding hydrogens is 362 g/mol. The van der Waals surface area contributed by atoms with E-state index in [1.807, 2.05) is 31.2 Å². The second-order valence-electron chi connectivity index (χ2n) is 6.19. The predicted molar refractivity (Wildman–Crippen MR) is 102 cm³/mol. The van der Waals surface area contributed by atoms with E-state index in [4.69, 9.17) is 4.74 Å². The lowest BCUT2D eigenvalue weighted by Gasteiger charge is -2.18. The Morgan fingerprint density at radius 2 is 2.00 bits per heavy atom. The Balaban J connectivity index is 1.68. The summed E-state index contributed by atoms with van der Waals surface area (Å²) >= 11 is 0. The second-order valence-corrected chi connectivity index (χ2v) is 6.19. The molecule has 3 aromatic rings. The van der Waals surface area contributed by atoms with Gasteiger partial charge in [-0.15, -0.1) is 0 Å². The number of nitro benzene ring substituents is 1. The Kier molecular flexibility index (Phi) is 5.64. The van der Waals surface area contributed by atoms with Crippen molar-refractivity contribution in [1.29, 1.82) is 0 Å². The van der Waals surface area contributed by atoms with Crippen molar-refractivity contribution in [1.82, 2.24) is 19.7 Å². The van der Waals surface area contributed by atoms with Crippen molar-refractivity contribution >= 4 is 11.6 Å². The molecular formula is C19H19N5O4. The Hall–Kier alpha value is -3.75. The number of carbonyl (C=O) groups excluding carboxylic acids is 1. The Bertz CT molecular complexity index is 970. The fourth-order valence-electron chi connectivity index (χ4n) is 2.59. The zero-order valence-corrected chi connectivity index (χ0v) is 15.5. The maximum absolute atomic E-state index is 12.6. The number of amides is 1. The molecule has 3 rings (SSSR count). The molecule has 0 aliphatic carbocycles. The standard InChI is InChI=1S/C19H19N5O4/c1-14-3-6-16(7-4-14)28-10-9-22(2)19(25)15-5-8-17(18(11-15)24(26)27)23-13-20-12-21-23/h3-8,11-13H,9-10H2,1-2H3. The molecule has 1 heterocycles. The average Bonchev–Trinajstić information content (AvgIpc) is 3.23. The van der Waals surface area contributed by atoms with E-state index in [9.17, 15) is 14.9 Å². The van der Waals surface area contributed by atoms with Gasteiger partial charge in [-0.3, -0.25) is 14.9 Å². The first-order chi connectivity index (χ1) is 13.5. The van der Waals surface area contributed by atoms with Crippen molar-refractivity contribution in [3.05, 3.63) is 76.4 Å². The summed E-state index contributed by atoms with van der Waals surface area (Å²) in [6.45, 7) is 2.64. The first kappa shape index (κ1) is 19.0. The van der Waals surface area contributed by atoms with Gasteiger partial charge in [-0.2, -0.15) is 5.10 Å². The molecule has 0 radical (unpaired) electrons. The van der Waals surface area contributed by atoms with E-state index in [1.165, 1.54) is 40.4 Å². The first-order valence-corrected chi connectivity index (χ1v) is 8.54. The van der Waals surface area contributed by atoms with Crippen LogP contribution in [0.2, 0.25) is 0 Å². The van der Waals surface area contributed by atoms with E-state index in [0.29, 0.717) is 13.2 Å².